The summed E-state index contributed by atoms with van der Waals surface area (Å²) in [6.07, 6.45) is 1.27. The molecule has 0 aliphatic carbocycles. The first-order valence-electron chi connectivity index (χ1n) is 5.06. The highest BCUT2D eigenvalue weighted by atomic mass is 32.2. The zero-order valence-electron chi connectivity index (χ0n) is 8.77. The van der Waals surface area contributed by atoms with Crippen molar-refractivity contribution in [3.63, 3.8) is 0 Å². The average molecular weight is 221 g/mol. The van der Waals surface area contributed by atoms with E-state index in [-0.39, 0.29) is 17.9 Å². The summed E-state index contributed by atoms with van der Waals surface area (Å²) in [5.74, 6) is 0. The van der Waals surface area contributed by atoms with Crippen molar-refractivity contribution in [1.29, 1.82) is 0 Å². The van der Waals surface area contributed by atoms with Crippen molar-refractivity contribution in [2.75, 3.05) is 13.2 Å². The molecule has 0 amide bonds. The van der Waals surface area contributed by atoms with Crippen LogP contribution in [0.2, 0.25) is 0 Å². The third-order valence-electron chi connectivity index (χ3n) is 2.91. The predicted octanol–water partition coefficient (Wildman–Crippen LogP) is 0.316. The Labute approximate surface area is 85.7 Å². The fourth-order valence-corrected chi connectivity index (χ4v) is 3.57. The summed E-state index contributed by atoms with van der Waals surface area (Å²) in [4.78, 5) is 0. The van der Waals surface area contributed by atoms with Gasteiger partial charge in [-0.1, -0.05) is 6.92 Å². The van der Waals surface area contributed by atoms with Crippen LogP contribution in [0.3, 0.4) is 0 Å². The minimum absolute atomic E-state index is 0.258. The van der Waals surface area contributed by atoms with E-state index in [1.54, 1.807) is 6.92 Å². The van der Waals surface area contributed by atoms with Crippen molar-refractivity contribution >= 4 is 9.84 Å². The Morgan fingerprint density at radius 3 is 2.71 bits per heavy atom. The number of nitrogens with two attached hydrogens (primary N) is 1. The molecule has 14 heavy (non-hydrogen) atoms. The molecule has 1 aliphatic heterocycles. The Bertz CT molecular complexity index is 276. The number of hydrogen-bond acceptors (Lipinski definition) is 4. The van der Waals surface area contributed by atoms with Gasteiger partial charge >= 0.3 is 0 Å². The minimum atomic E-state index is -3.11. The molecule has 0 bridgehead atoms. The molecule has 0 aromatic heterocycles. The lowest BCUT2D eigenvalue weighted by Crippen LogP contribution is -2.50. The highest BCUT2D eigenvalue weighted by Gasteiger charge is 2.36. The highest BCUT2D eigenvalue weighted by molar-refractivity contribution is 7.92. The van der Waals surface area contributed by atoms with Gasteiger partial charge in [0, 0.05) is 12.6 Å². The van der Waals surface area contributed by atoms with Crippen LogP contribution >= 0.6 is 0 Å². The number of rotatable bonds is 3. The van der Waals surface area contributed by atoms with Crippen molar-refractivity contribution in [1.82, 2.24) is 0 Å². The first-order valence-corrected chi connectivity index (χ1v) is 6.67. The van der Waals surface area contributed by atoms with Gasteiger partial charge in [0.15, 0.2) is 9.84 Å². The van der Waals surface area contributed by atoms with E-state index in [4.69, 9.17) is 10.5 Å². The summed E-state index contributed by atoms with van der Waals surface area (Å²) >= 11 is 0. The van der Waals surface area contributed by atoms with Gasteiger partial charge in [-0.3, -0.25) is 0 Å². The van der Waals surface area contributed by atoms with Crippen LogP contribution in [0.4, 0.5) is 0 Å². The Balaban J connectivity index is 2.80. The second kappa shape index (κ2) is 4.59. The van der Waals surface area contributed by atoms with Crippen LogP contribution in [0, 0.1) is 0 Å². The molecule has 1 rings (SSSR count). The SMILES string of the molecule is CCC(C)S(=O)(=O)C1COCCC1N. The summed E-state index contributed by atoms with van der Waals surface area (Å²) in [5.41, 5.74) is 5.80. The Kier molecular flexibility index (Phi) is 3.92. The third kappa shape index (κ3) is 2.27. The van der Waals surface area contributed by atoms with Crippen LogP contribution in [0.25, 0.3) is 0 Å². The largest absolute Gasteiger partial charge is 0.380 e. The molecule has 0 radical (unpaired) electrons. The van der Waals surface area contributed by atoms with E-state index in [1.807, 2.05) is 6.92 Å². The maximum atomic E-state index is 12.0. The van der Waals surface area contributed by atoms with Crippen molar-refractivity contribution in [3.8, 4) is 0 Å². The number of ether oxygens (including phenoxy) is 1. The summed E-state index contributed by atoms with van der Waals surface area (Å²) in [7, 11) is -3.11. The molecule has 0 spiro atoms. The van der Waals surface area contributed by atoms with Crippen LogP contribution in [0.5, 0.6) is 0 Å². The summed E-state index contributed by atoms with van der Waals surface area (Å²) < 4.78 is 29.1. The molecule has 0 aromatic rings. The molecule has 3 unspecified atom stereocenters. The lowest BCUT2D eigenvalue weighted by molar-refractivity contribution is 0.0889. The molecule has 5 heteroatoms. The van der Waals surface area contributed by atoms with Crippen molar-refractivity contribution in [2.24, 2.45) is 5.73 Å². The maximum Gasteiger partial charge on any atom is 0.159 e. The molecule has 1 saturated heterocycles. The van der Waals surface area contributed by atoms with E-state index in [0.717, 1.165) is 0 Å². The smallest absolute Gasteiger partial charge is 0.159 e. The summed E-state index contributed by atoms with van der Waals surface area (Å²) in [6.45, 7) is 4.44. The zero-order valence-corrected chi connectivity index (χ0v) is 9.59. The molecule has 0 aromatic carbocycles. The molecule has 1 aliphatic rings. The second-order valence-electron chi connectivity index (χ2n) is 3.87. The molecular weight excluding hydrogens is 202 g/mol. The molecule has 2 N–H and O–H groups in total. The Morgan fingerprint density at radius 2 is 2.21 bits per heavy atom. The molecule has 0 saturated carbocycles. The molecule has 4 nitrogen and oxygen atoms in total. The maximum absolute atomic E-state index is 12.0. The van der Waals surface area contributed by atoms with Gasteiger partial charge in [0.1, 0.15) is 5.25 Å². The highest BCUT2D eigenvalue weighted by Crippen LogP contribution is 2.19. The number of sulfone groups is 1. The fraction of sp³-hybridized carbons (Fsp3) is 1.00. The van der Waals surface area contributed by atoms with E-state index in [2.05, 4.69) is 0 Å². The third-order valence-corrected chi connectivity index (χ3v) is 5.70. The van der Waals surface area contributed by atoms with E-state index in [9.17, 15) is 8.42 Å². The van der Waals surface area contributed by atoms with E-state index < -0.39 is 15.1 Å². The minimum Gasteiger partial charge on any atom is -0.380 e. The zero-order chi connectivity index (χ0) is 10.8. The van der Waals surface area contributed by atoms with E-state index in [1.165, 1.54) is 0 Å². The quantitative estimate of drug-likeness (QED) is 0.745. The van der Waals surface area contributed by atoms with Gasteiger partial charge in [-0.05, 0) is 19.8 Å². The van der Waals surface area contributed by atoms with Crippen LogP contribution in [0.15, 0.2) is 0 Å². The van der Waals surface area contributed by atoms with Crippen molar-refractivity contribution in [2.45, 2.75) is 43.2 Å². The molecule has 1 fully saturated rings. The van der Waals surface area contributed by atoms with Gasteiger partial charge in [0.2, 0.25) is 0 Å². The van der Waals surface area contributed by atoms with Gasteiger partial charge in [-0.2, -0.15) is 0 Å². The molecule has 84 valence electrons. The lowest BCUT2D eigenvalue weighted by atomic mass is 10.1. The lowest BCUT2D eigenvalue weighted by Gasteiger charge is -2.30. The second-order valence-corrected chi connectivity index (χ2v) is 6.46. The topological polar surface area (TPSA) is 69.4 Å². The number of hydrogen-bond donors (Lipinski definition) is 1. The molecule has 1 heterocycles. The monoisotopic (exact) mass is 221 g/mol. The standard InChI is InChI=1S/C9H19NO3S/c1-3-7(2)14(11,12)9-6-13-5-4-8(9)10/h7-9H,3-6,10H2,1-2H3. The Hall–Kier alpha value is -0.130. The van der Waals surface area contributed by atoms with Crippen molar-refractivity contribution < 1.29 is 13.2 Å². The predicted molar refractivity (Wildman–Crippen MR) is 55.9 cm³/mol. The average Bonchev–Trinajstić information content (AvgIpc) is 2.17. The van der Waals surface area contributed by atoms with Crippen LogP contribution < -0.4 is 5.73 Å². The molecular formula is C9H19NO3S. The van der Waals surface area contributed by atoms with Crippen LogP contribution in [0.1, 0.15) is 26.7 Å². The van der Waals surface area contributed by atoms with Gasteiger partial charge in [-0.15, -0.1) is 0 Å². The van der Waals surface area contributed by atoms with Gasteiger partial charge in [0.05, 0.1) is 11.9 Å². The van der Waals surface area contributed by atoms with Gasteiger partial charge < -0.3 is 10.5 Å². The van der Waals surface area contributed by atoms with Gasteiger partial charge in [0.25, 0.3) is 0 Å². The van der Waals surface area contributed by atoms with E-state index in [0.29, 0.717) is 19.4 Å². The normalized spacial score (nSPS) is 31.4. The van der Waals surface area contributed by atoms with Crippen LogP contribution in [-0.4, -0.2) is 38.2 Å². The Morgan fingerprint density at radius 1 is 1.57 bits per heavy atom. The fourth-order valence-electron chi connectivity index (χ4n) is 1.60. The summed E-state index contributed by atoms with van der Waals surface area (Å²) in [5, 5.41) is -0.827. The van der Waals surface area contributed by atoms with Crippen LogP contribution in [-0.2, 0) is 14.6 Å². The summed E-state index contributed by atoms with van der Waals surface area (Å²) in [6, 6.07) is -0.261. The molecule has 3 atom stereocenters. The van der Waals surface area contributed by atoms with Gasteiger partial charge in [-0.25, -0.2) is 8.42 Å². The first-order chi connectivity index (χ1) is 6.50. The van der Waals surface area contributed by atoms with Crippen molar-refractivity contribution in [3.05, 3.63) is 0 Å². The first kappa shape index (κ1) is 11.9. The van der Waals surface area contributed by atoms with E-state index >= 15 is 0 Å².